The average Bonchev–Trinajstić information content (AvgIpc) is 3.48. The van der Waals surface area contributed by atoms with E-state index in [1.54, 1.807) is 0 Å². The van der Waals surface area contributed by atoms with E-state index in [9.17, 15) is 4.79 Å². The summed E-state index contributed by atoms with van der Waals surface area (Å²) >= 11 is 0. The lowest BCUT2D eigenvalue weighted by Gasteiger charge is -2.29. The maximum absolute atomic E-state index is 13.2. The lowest BCUT2D eigenvalue weighted by atomic mass is 9.95. The average molecular weight is 423 g/mol. The molecule has 164 valence electrons. The van der Waals surface area contributed by atoms with Crippen LogP contribution in [0.4, 0.5) is 0 Å². The largest absolute Gasteiger partial charge is 0.494 e. The van der Waals surface area contributed by atoms with E-state index < -0.39 is 0 Å². The monoisotopic (exact) mass is 422 g/mol. The topological polar surface area (TPSA) is 88.9 Å². The number of tetrazole rings is 1. The van der Waals surface area contributed by atoms with Crippen LogP contribution in [0.2, 0.25) is 0 Å². The first-order valence-electron chi connectivity index (χ1n) is 11.6. The number of nitrogens with zero attached hydrogens (tertiary/aromatic N) is 5. The fourth-order valence-electron chi connectivity index (χ4n) is 5.13. The van der Waals surface area contributed by atoms with Crippen LogP contribution in [-0.2, 0) is 0 Å². The Bertz CT molecular complexity index is 1090. The molecule has 5 rings (SSSR count). The SMILES string of the molecule is CCOc1ccc2[nH]c(=O)c([C@@H](c3nnnn3C3CCCCC3)N3CCCC3)cc2c1. The third kappa shape index (κ3) is 3.96. The van der Waals surface area contributed by atoms with Crippen LogP contribution in [0.5, 0.6) is 5.75 Å². The van der Waals surface area contributed by atoms with Gasteiger partial charge in [-0.25, -0.2) is 4.68 Å². The Morgan fingerprint density at radius 1 is 1.13 bits per heavy atom. The number of aromatic nitrogens is 5. The first-order valence-corrected chi connectivity index (χ1v) is 11.6. The van der Waals surface area contributed by atoms with E-state index in [0.29, 0.717) is 18.2 Å². The quantitative estimate of drug-likeness (QED) is 0.653. The molecule has 1 saturated carbocycles. The molecule has 1 saturated heterocycles. The summed E-state index contributed by atoms with van der Waals surface area (Å²) in [6, 6.07) is 7.85. The number of aromatic amines is 1. The van der Waals surface area contributed by atoms with E-state index in [-0.39, 0.29) is 11.6 Å². The predicted molar refractivity (Wildman–Crippen MR) is 118 cm³/mol. The molecule has 0 unspecified atom stereocenters. The van der Waals surface area contributed by atoms with E-state index in [4.69, 9.17) is 4.74 Å². The molecule has 2 fully saturated rings. The fourth-order valence-corrected chi connectivity index (χ4v) is 5.13. The maximum atomic E-state index is 13.2. The summed E-state index contributed by atoms with van der Waals surface area (Å²) in [6.45, 7) is 4.46. The highest BCUT2D eigenvalue weighted by atomic mass is 16.5. The molecular formula is C23H30N6O2. The van der Waals surface area contributed by atoms with Crippen molar-refractivity contribution in [2.75, 3.05) is 19.7 Å². The van der Waals surface area contributed by atoms with Crippen molar-refractivity contribution in [3.63, 3.8) is 0 Å². The van der Waals surface area contributed by atoms with Gasteiger partial charge in [-0.1, -0.05) is 19.3 Å². The Morgan fingerprint density at radius 2 is 1.94 bits per heavy atom. The van der Waals surface area contributed by atoms with Crippen molar-refractivity contribution in [2.45, 2.75) is 64.0 Å². The van der Waals surface area contributed by atoms with Crippen molar-refractivity contribution >= 4 is 10.9 Å². The molecule has 1 N–H and O–H groups in total. The van der Waals surface area contributed by atoms with Crippen LogP contribution in [0.25, 0.3) is 10.9 Å². The van der Waals surface area contributed by atoms with Crippen molar-refractivity contribution in [3.05, 3.63) is 46.0 Å². The van der Waals surface area contributed by atoms with Gasteiger partial charge in [0.1, 0.15) is 11.8 Å². The van der Waals surface area contributed by atoms with Crippen LogP contribution >= 0.6 is 0 Å². The number of pyridine rings is 1. The first-order chi connectivity index (χ1) is 15.2. The van der Waals surface area contributed by atoms with Crippen molar-refractivity contribution in [1.82, 2.24) is 30.1 Å². The molecule has 1 aliphatic heterocycles. The van der Waals surface area contributed by atoms with Gasteiger partial charge in [0.15, 0.2) is 5.82 Å². The van der Waals surface area contributed by atoms with Gasteiger partial charge >= 0.3 is 0 Å². The van der Waals surface area contributed by atoms with Gasteiger partial charge in [0, 0.05) is 16.5 Å². The third-order valence-corrected chi connectivity index (χ3v) is 6.64. The summed E-state index contributed by atoms with van der Waals surface area (Å²) in [4.78, 5) is 18.7. The van der Waals surface area contributed by atoms with Gasteiger partial charge in [0.25, 0.3) is 5.56 Å². The van der Waals surface area contributed by atoms with E-state index in [0.717, 1.165) is 61.2 Å². The second kappa shape index (κ2) is 8.78. The van der Waals surface area contributed by atoms with Crippen molar-refractivity contribution in [3.8, 4) is 5.75 Å². The number of rotatable bonds is 6. The highest BCUT2D eigenvalue weighted by molar-refractivity contribution is 5.80. The lowest BCUT2D eigenvalue weighted by molar-refractivity contribution is 0.243. The zero-order chi connectivity index (χ0) is 21.2. The number of ether oxygens (including phenoxy) is 1. The summed E-state index contributed by atoms with van der Waals surface area (Å²) in [5.74, 6) is 1.59. The minimum atomic E-state index is -0.247. The molecule has 3 aromatic rings. The van der Waals surface area contributed by atoms with E-state index >= 15 is 0 Å². The molecule has 0 amide bonds. The van der Waals surface area contributed by atoms with E-state index in [1.807, 2.05) is 35.9 Å². The first kappa shape index (κ1) is 20.2. The summed E-state index contributed by atoms with van der Waals surface area (Å²) in [5, 5.41) is 13.9. The molecule has 31 heavy (non-hydrogen) atoms. The molecule has 0 radical (unpaired) electrons. The third-order valence-electron chi connectivity index (χ3n) is 6.64. The minimum Gasteiger partial charge on any atom is -0.494 e. The van der Waals surface area contributed by atoms with Gasteiger partial charge in [0.05, 0.1) is 12.6 Å². The van der Waals surface area contributed by atoms with Crippen LogP contribution in [0.1, 0.15) is 75.3 Å². The van der Waals surface area contributed by atoms with Gasteiger partial charge in [-0.2, -0.15) is 0 Å². The number of nitrogens with one attached hydrogen (secondary N) is 1. The van der Waals surface area contributed by atoms with Gasteiger partial charge in [-0.3, -0.25) is 9.69 Å². The Morgan fingerprint density at radius 3 is 2.71 bits per heavy atom. The highest BCUT2D eigenvalue weighted by Crippen LogP contribution is 2.34. The number of hydrogen-bond acceptors (Lipinski definition) is 6. The molecule has 2 aromatic heterocycles. The summed E-state index contributed by atoms with van der Waals surface area (Å²) in [7, 11) is 0. The Hall–Kier alpha value is -2.74. The molecule has 1 aliphatic carbocycles. The number of fused-ring (bicyclic) bond motifs is 1. The number of hydrogen-bond donors (Lipinski definition) is 1. The van der Waals surface area contributed by atoms with Crippen LogP contribution in [0.3, 0.4) is 0 Å². The van der Waals surface area contributed by atoms with Crippen LogP contribution in [0.15, 0.2) is 29.1 Å². The van der Waals surface area contributed by atoms with Crippen LogP contribution in [-0.4, -0.2) is 49.8 Å². The normalized spacial score (nSPS) is 19.1. The van der Waals surface area contributed by atoms with Gasteiger partial charge < -0.3 is 9.72 Å². The Balaban J connectivity index is 1.61. The van der Waals surface area contributed by atoms with Gasteiger partial charge in [0.2, 0.25) is 0 Å². The molecular weight excluding hydrogens is 392 g/mol. The zero-order valence-electron chi connectivity index (χ0n) is 18.1. The van der Waals surface area contributed by atoms with Crippen molar-refractivity contribution in [2.24, 2.45) is 0 Å². The second-order valence-corrected chi connectivity index (χ2v) is 8.65. The molecule has 0 spiro atoms. The molecule has 8 heteroatoms. The molecule has 8 nitrogen and oxygen atoms in total. The van der Waals surface area contributed by atoms with E-state index in [2.05, 4.69) is 25.4 Å². The molecule has 3 heterocycles. The predicted octanol–water partition coefficient (Wildman–Crippen LogP) is 3.60. The zero-order valence-corrected chi connectivity index (χ0v) is 18.1. The molecule has 2 aliphatic rings. The smallest absolute Gasteiger partial charge is 0.253 e. The Labute approximate surface area is 181 Å². The van der Waals surface area contributed by atoms with Gasteiger partial charge in [-0.05, 0) is 80.4 Å². The second-order valence-electron chi connectivity index (χ2n) is 8.65. The number of benzene rings is 1. The lowest BCUT2D eigenvalue weighted by Crippen LogP contribution is -2.34. The number of likely N-dealkylation sites (tertiary alicyclic amines) is 1. The van der Waals surface area contributed by atoms with Crippen LogP contribution < -0.4 is 10.3 Å². The standard InChI is InChI=1S/C23H30N6O2/c1-2-31-18-10-11-20-16(14-18)15-19(23(30)24-20)21(28-12-6-7-13-28)22-25-26-27-29(22)17-8-4-3-5-9-17/h10-11,14-15,17,21H,2-9,12-13H2,1H3,(H,24,30)/t21-/m0/s1. The maximum Gasteiger partial charge on any atom is 0.253 e. The van der Waals surface area contributed by atoms with Crippen molar-refractivity contribution in [1.29, 1.82) is 0 Å². The fraction of sp³-hybridized carbons (Fsp3) is 0.565. The highest BCUT2D eigenvalue weighted by Gasteiger charge is 2.33. The minimum absolute atomic E-state index is 0.0771. The Kier molecular flexibility index (Phi) is 5.72. The molecule has 0 bridgehead atoms. The van der Waals surface area contributed by atoms with E-state index in [1.165, 1.54) is 19.3 Å². The van der Waals surface area contributed by atoms with Gasteiger partial charge in [-0.15, -0.1) is 5.10 Å². The van der Waals surface area contributed by atoms with Crippen LogP contribution in [0, 0.1) is 0 Å². The number of H-pyrrole nitrogens is 1. The summed E-state index contributed by atoms with van der Waals surface area (Å²) in [5.41, 5.74) is 1.44. The summed E-state index contributed by atoms with van der Waals surface area (Å²) < 4.78 is 7.68. The summed E-state index contributed by atoms with van der Waals surface area (Å²) in [6.07, 6.45) is 8.12. The van der Waals surface area contributed by atoms with Crippen molar-refractivity contribution < 1.29 is 4.74 Å². The molecule has 1 atom stereocenters. The molecule has 1 aromatic carbocycles.